The summed E-state index contributed by atoms with van der Waals surface area (Å²) in [6.07, 6.45) is 1.36. The molecule has 0 saturated heterocycles. The van der Waals surface area contributed by atoms with Crippen molar-refractivity contribution >= 4 is 31.7 Å². The van der Waals surface area contributed by atoms with E-state index in [-0.39, 0.29) is 10.7 Å². The van der Waals surface area contributed by atoms with Crippen molar-refractivity contribution in [2.24, 2.45) is 0 Å². The second-order valence-corrected chi connectivity index (χ2v) is 9.31. The highest BCUT2D eigenvalue weighted by molar-refractivity contribution is 9.10. The van der Waals surface area contributed by atoms with Gasteiger partial charge in [0.1, 0.15) is 5.75 Å². The molecule has 7 heteroatoms. The Bertz CT molecular complexity index is 1070. The number of ether oxygens (including phenoxy) is 1. The highest BCUT2D eigenvalue weighted by Crippen LogP contribution is 2.16. The number of carbonyl (C=O) groups is 1. The van der Waals surface area contributed by atoms with E-state index in [4.69, 9.17) is 4.74 Å². The van der Waals surface area contributed by atoms with Crippen molar-refractivity contribution in [1.29, 1.82) is 0 Å². The van der Waals surface area contributed by atoms with Crippen molar-refractivity contribution in [2.45, 2.75) is 17.7 Å². The predicted molar refractivity (Wildman–Crippen MR) is 120 cm³/mol. The predicted octanol–water partition coefficient (Wildman–Crippen LogP) is 4.82. The van der Waals surface area contributed by atoms with E-state index in [0.717, 1.165) is 4.47 Å². The molecule has 0 aliphatic heterocycles. The standard InChI is InChI=1S/C23H22BrNO4S/c24-20-10-14-22(15-11-20)30(27,28)25-16-4-5-17-29-21-12-8-19(9-13-21)23(26)18-6-2-1-3-7-18/h1-3,6-15,25H,4-5,16-17H2. The van der Waals surface area contributed by atoms with E-state index in [2.05, 4.69) is 20.7 Å². The summed E-state index contributed by atoms with van der Waals surface area (Å²) in [4.78, 5) is 12.6. The zero-order valence-corrected chi connectivity index (χ0v) is 18.7. The van der Waals surface area contributed by atoms with Crippen LogP contribution >= 0.6 is 15.9 Å². The highest BCUT2D eigenvalue weighted by atomic mass is 79.9. The lowest BCUT2D eigenvalue weighted by molar-refractivity contribution is 0.103. The lowest BCUT2D eigenvalue weighted by Gasteiger charge is -2.09. The van der Waals surface area contributed by atoms with Crippen LogP contribution in [0.3, 0.4) is 0 Å². The SMILES string of the molecule is O=C(c1ccccc1)c1ccc(OCCCCNS(=O)(=O)c2ccc(Br)cc2)cc1. The van der Waals surface area contributed by atoms with E-state index >= 15 is 0 Å². The first kappa shape index (κ1) is 22.2. The minimum absolute atomic E-state index is 0.0276. The van der Waals surface area contributed by atoms with Gasteiger partial charge in [-0.05, 0) is 61.4 Å². The number of nitrogens with one attached hydrogen (secondary N) is 1. The molecule has 0 fully saturated rings. The third kappa shape index (κ3) is 6.26. The summed E-state index contributed by atoms with van der Waals surface area (Å²) in [6, 6.07) is 22.7. The zero-order chi connectivity index (χ0) is 21.4. The van der Waals surface area contributed by atoms with Gasteiger partial charge in [0.15, 0.2) is 5.78 Å². The van der Waals surface area contributed by atoms with Gasteiger partial charge in [-0.25, -0.2) is 13.1 Å². The molecule has 0 atom stereocenters. The lowest BCUT2D eigenvalue weighted by Crippen LogP contribution is -2.25. The molecule has 0 radical (unpaired) electrons. The lowest BCUT2D eigenvalue weighted by atomic mass is 10.0. The number of hydrogen-bond acceptors (Lipinski definition) is 4. The van der Waals surface area contributed by atoms with E-state index in [1.807, 2.05) is 18.2 Å². The number of carbonyl (C=O) groups excluding carboxylic acids is 1. The normalized spacial score (nSPS) is 11.2. The van der Waals surface area contributed by atoms with Gasteiger partial charge in [-0.3, -0.25) is 4.79 Å². The highest BCUT2D eigenvalue weighted by Gasteiger charge is 2.12. The van der Waals surface area contributed by atoms with Gasteiger partial charge < -0.3 is 4.74 Å². The van der Waals surface area contributed by atoms with Crippen LogP contribution in [0.25, 0.3) is 0 Å². The summed E-state index contributed by atoms with van der Waals surface area (Å²) in [5.41, 5.74) is 1.26. The van der Waals surface area contributed by atoms with Crippen LogP contribution in [0, 0.1) is 0 Å². The summed E-state index contributed by atoms with van der Waals surface area (Å²) in [5.74, 6) is 0.648. The first-order valence-corrected chi connectivity index (χ1v) is 11.8. The summed E-state index contributed by atoms with van der Waals surface area (Å²) < 4.78 is 33.5. The molecule has 5 nitrogen and oxygen atoms in total. The maximum atomic E-state index is 12.4. The number of unbranched alkanes of at least 4 members (excludes halogenated alkanes) is 1. The first-order chi connectivity index (χ1) is 14.5. The van der Waals surface area contributed by atoms with Crippen LogP contribution in [-0.2, 0) is 10.0 Å². The molecule has 3 aromatic rings. The van der Waals surface area contributed by atoms with E-state index in [0.29, 0.717) is 42.9 Å². The van der Waals surface area contributed by atoms with Crippen LogP contribution in [0.5, 0.6) is 5.75 Å². The van der Waals surface area contributed by atoms with Gasteiger partial charge in [0.25, 0.3) is 0 Å². The van der Waals surface area contributed by atoms with Crippen LogP contribution < -0.4 is 9.46 Å². The molecule has 0 spiro atoms. The molecule has 0 aromatic heterocycles. The average Bonchev–Trinajstić information content (AvgIpc) is 2.77. The third-order valence-electron chi connectivity index (χ3n) is 4.41. The number of halogens is 1. The third-order valence-corrected chi connectivity index (χ3v) is 6.41. The van der Waals surface area contributed by atoms with Crippen molar-refractivity contribution in [3.8, 4) is 5.75 Å². The summed E-state index contributed by atoms with van der Waals surface area (Å²) in [7, 11) is -3.50. The van der Waals surface area contributed by atoms with Crippen molar-refractivity contribution in [3.63, 3.8) is 0 Å². The minimum Gasteiger partial charge on any atom is -0.494 e. The molecule has 156 valence electrons. The first-order valence-electron chi connectivity index (χ1n) is 9.53. The number of sulfonamides is 1. The largest absolute Gasteiger partial charge is 0.494 e. The molecule has 0 amide bonds. The Kier molecular flexibility index (Phi) is 7.79. The van der Waals surface area contributed by atoms with Crippen LogP contribution in [-0.4, -0.2) is 27.4 Å². The molecule has 0 aliphatic carbocycles. The Balaban J connectivity index is 1.39. The van der Waals surface area contributed by atoms with E-state index < -0.39 is 10.0 Å². The molecular formula is C23H22BrNO4S. The van der Waals surface area contributed by atoms with Gasteiger partial charge in [-0.15, -0.1) is 0 Å². The topological polar surface area (TPSA) is 72.5 Å². The maximum Gasteiger partial charge on any atom is 0.240 e. The molecule has 3 aromatic carbocycles. The summed E-state index contributed by atoms with van der Waals surface area (Å²) >= 11 is 3.29. The van der Waals surface area contributed by atoms with Gasteiger partial charge in [0.2, 0.25) is 10.0 Å². The summed E-state index contributed by atoms with van der Waals surface area (Å²) in [6.45, 7) is 0.804. The van der Waals surface area contributed by atoms with Crippen LogP contribution in [0.1, 0.15) is 28.8 Å². The molecule has 0 unspecified atom stereocenters. The summed E-state index contributed by atoms with van der Waals surface area (Å²) in [5, 5.41) is 0. The van der Waals surface area contributed by atoms with Gasteiger partial charge >= 0.3 is 0 Å². The van der Waals surface area contributed by atoms with Crippen LogP contribution in [0.15, 0.2) is 88.2 Å². The Morgan fingerprint density at radius 2 is 1.47 bits per heavy atom. The van der Waals surface area contributed by atoms with Crippen molar-refractivity contribution in [3.05, 3.63) is 94.5 Å². The van der Waals surface area contributed by atoms with Crippen molar-refractivity contribution in [2.75, 3.05) is 13.2 Å². The fraction of sp³-hybridized carbons (Fsp3) is 0.174. The van der Waals surface area contributed by atoms with Gasteiger partial charge in [-0.1, -0.05) is 46.3 Å². The monoisotopic (exact) mass is 487 g/mol. The molecule has 30 heavy (non-hydrogen) atoms. The molecule has 1 N–H and O–H groups in total. The Labute approximate surface area is 185 Å². The molecular weight excluding hydrogens is 466 g/mol. The van der Waals surface area contributed by atoms with E-state index in [9.17, 15) is 13.2 Å². The maximum absolute atomic E-state index is 12.4. The molecule has 0 aliphatic rings. The molecule has 0 bridgehead atoms. The van der Waals surface area contributed by atoms with Gasteiger partial charge in [0.05, 0.1) is 11.5 Å². The fourth-order valence-corrected chi connectivity index (χ4v) is 4.12. The van der Waals surface area contributed by atoms with Crippen molar-refractivity contribution < 1.29 is 17.9 Å². The smallest absolute Gasteiger partial charge is 0.240 e. The molecule has 3 rings (SSSR count). The molecule has 0 heterocycles. The quantitative estimate of drug-likeness (QED) is 0.328. The zero-order valence-electron chi connectivity index (χ0n) is 16.3. The van der Waals surface area contributed by atoms with E-state index in [1.165, 1.54) is 0 Å². The Hall–Kier alpha value is -2.48. The molecule has 0 saturated carbocycles. The second kappa shape index (κ2) is 10.5. The Morgan fingerprint density at radius 3 is 2.13 bits per heavy atom. The fourth-order valence-electron chi connectivity index (χ4n) is 2.78. The second-order valence-electron chi connectivity index (χ2n) is 6.63. The van der Waals surface area contributed by atoms with Crippen LogP contribution in [0.4, 0.5) is 0 Å². The van der Waals surface area contributed by atoms with Crippen molar-refractivity contribution in [1.82, 2.24) is 4.72 Å². The number of ketones is 1. The average molecular weight is 488 g/mol. The minimum atomic E-state index is -3.50. The number of hydrogen-bond donors (Lipinski definition) is 1. The van der Waals surface area contributed by atoms with Crippen LogP contribution in [0.2, 0.25) is 0 Å². The number of rotatable bonds is 10. The van der Waals surface area contributed by atoms with E-state index in [1.54, 1.807) is 60.7 Å². The number of benzene rings is 3. The van der Waals surface area contributed by atoms with Gasteiger partial charge in [-0.2, -0.15) is 0 Å². The van der Waals surface area contributed by atoms with Gasteiger partial charge in [0, 0.05) is 22.1 Å². The Morgan fingerprint density at radius 1 is 0.833 bits per heavy atom.